The lowest BCUT2D eigenvalue weighted by molar-refractivity contribution is 0.102. The smallest absolute Gasteiger partial charge is 0.327 e. The number of carbonyl (C=O) groups is 1. The first-order valence-electron chi connectivity index (χ1n) is 6.30. The fourth-order valence-corrected chi connectivity index (χ4v) is 2.81. The number of hydrogen-bond donors (Lipinski definition) is 0. The molecule has 0 spiro atoms. The molecule has 104 valence electrons. The highest BCUT2D eigenvalue weighted by Crippen LogP contribution is 2.22. The van der Waals surface area contributed by atoms with E-state index in [4.69, 9.17) is 9.15 Å². The van der Waals surface area contributed by atoms with Gasteiger partial charge in [-0.15, -0.1) is 11.8 Å². The molecule has 0 atom stereocenters. The van der Waals surface area contributed by atoms with Gasteiger partial charge in [0.1, 0.15) is 5.75 Å². The normalized spacial score (nSPS) is 10.3. The number of Topliss-reactive ketones (excluding diaryl/α,β-unsaturated/α-hetero) is 1. The van der Waals surface area contributed by atoms with Gasteiger partial charge >= 0.3 is 11.5 Å². The summed E-state index contributed by atoms with van der Waals surface area (Å²) in [7, 11) is 1.61. The Bertz CT molecular complexity index is 585. The number of carbonyl (C=O) groups excluding carboxylic acids is 1. The molecule has 0 radical (unpaired) electrons. The van der Waals surface area contributed by atoms with Gasteiger partial charge in [0.2, 0.25) is 0 Å². The molecule has 0 aliphatic rings. The SMILES string of the molecule is COc1ccc(C(=O)CSc2cc(C)[o+]c(C)c2)cc1. The van der Waals surface area contributed by atoms with Gasteiger partial charge in [-0.2, -0.15) is 0 Å². The molecule has 20 heavy (non-hydrogen) atoms. The van der Waals surface area contributed by atoms with Crippen molar-refractivity contribution < 1.29 is 13.9 Å². The van der Waals surface area contributed by atoms with Crippen molar-refractivity contribution in [1.29, 1.82) is 0 Å². The van der Waals surface area contributed by atoms with E-state index in [1.54, 1.807) is 31.4 Å². The maximum absolute atomic E-state index is 12.1. The Morgan fingerprint density at radius 1 is 1.15 bits per heavy atom. The van der Waals surface area contributed by atoms with Crippen molar-refractivity contribution in [2.24, 2.45) is 0 Å². The summed E-state index contributed by atoms with van der Waals surface area (Å²) in [6, 6.07) is 11.1. The maximum atomic E-state index is 12.1. The predicted molar refractivity (Wildman–Crippen MR) is 80.6 cm³/mol. The molecule has 0 saturated carbocycles. The quantitative estimate of drug-likeness (QED) is 0.470. The van der Waals surface area contributed by atoms with Crippen LogP contribution in [0.1, 0.15) is 21.9 Å². The van der Waals surface area contributed by atoms with Gasteiger partial charge in [0.15, 0.2) is 5.78 Å². The minimum Gasteiger partial charge on any atom is -0.497 e. The van der Waals surface area contributed by atoms with Gasteiger partial charge in [-0.1, -0.05) is 0 Å². The third-order valence-electron chi connectivity index (χ3n) is 2.79. The molecule has 0 aliphatic heterocycles. The van der Waals surface area contributed by atoms with E-state index in [1.165, 1.54) is 11.8 Å². The zero-order chi connectivity index (χ0) is 14.5. The molecule has 4 heteroatoms. The molecule has 0 bridgehead atoms. The lowest BCUT2D eigenvalue weighted by atomic mass is 10.1. The van der Waals surface area contributed by atoms with Crippen molar-refractivity contribution in [2.45, 2.75) is 18.7 Å². The molecule has 2 aromatic rings. The van der Waals surface area contributed by atoms with E-state index in [0.717, 1.165) is 22.2 Å². The molecule has 1 aromatic carbocycles. The highest BCUT2D eigenvalue weighted by atomic mass is 32.2. The molecule has 2 rings (SSSR count). The number of methoxy groups -OCH3 is 1. The number of benzene rings is 1. The number of aryl methyl sites for hydroxylation is 2. The predicted octanol–water partition coefficient (Wildman–Crippen LogP) is 4.16. The number of ketones is 1. The molecule has 0 N–H and O–H groups in total. The minimum atomic E-state index is 0.105. The van der Waals surface area contributed by atoms with Crippen LogP contribution in [0.25, 0.3) is 0 Å². The van der Waals surface area contributed by atoms with Crippen LogP contribution in [0.3, 0.4) is 0 Å². The van der Waals surface area contributed by atoms with Crippen LogP contribution in [0.15, 0.2) is 45.7 Å². The van der Waals surface area contributed by atoms with Crippen LogP contribution in [0.2, 0.25) is 0 Å². The molecule has 0 unspecified atom stereocenters. The van der Waals surface area contributed by atoms with Crippen LogP contribution < -0.4 is 4.74 Å². The molecule has 0 fully saturated rings. The fourth-order valence-electron chi connectivity index (χ4n) is 1.85. The van der Waals surface area contributed by atoms with Crippen molar-refractivity contribution >= 4 is 17.5 Å². The van der Waals surface area contributed by atoms with Crippen LogP contribution >= 0.6 is 11.8 Å². The van der Waals surface area contributed by atoms with E-state index < -0.39 is 0 Å². The minimum absolute atomic E-state index is 0.105. The number of rotatable bonds is 5. The molecule has 1 aromatic heterocycles. The van der Waals surface area contributed by atoms with Crippen LogP contribution in [-0.4, -0.2) is 18.6 Å². The average Bonchev–Trinajstić information content (AvgIpc) is 2.44. The fraction of sp³-hybridized carbons (Fsp3) is 0.250. The monoisotopic (exact) mass is 289 g/mol. The van der Waals surface area contributed by atoms with E-state index >= 15 is 0 Å². The van der Waals surface area contributed by atoms with E-state index in [-0.39, 0.29) is 5.78 Å². The van der Waals surface area contributed by atoms with Crippen LogP contribution in [0, 0.1) is 13.8 Å². The molecule has 1 heterocycles. The van der Waals surface area contributed by atoms with Gasteiger partial charge in [-0.3, -0.25) is 4.79 Å². The topological polar surface area (TPSA) is 37.6 Å². The largest absolute Gasteiger partial charge is 0.497 e. The molecule has 0 aliphatic carbocycles. The van der Waals surface area contributed by atoms with Gasteiger partial charge in [0.05, 0.1) is 38.8 Å². The molecule has 0 saturated heterocycles. The summed E-state index contributed by atoms with van der Waals surface area (Å²) in [6.45, 7) is 3.81. The first-order chi connectivity index (χ1) is 9.58. The second kappa shape index (κ2) is 6.57. The second-order valence-electron chi connectivity index (χ2n) is 4.45. The third kappa shape index (κ3) is 3.84. The highest BCUT2D eigenvalue weighted by molar-refractivity contribution is 8.00. The summed E-state index contributed by atoms with van der Waals surface area (Å²) in [6.07, 6.45) is 0. The summed E-state index contributed by atoms with van der Waals surface area (Å²) in [5, 5.41) is 0. The average molecular weight is 289 g/mol. The zero-order valence-electron chi connectivity index (χ0n) is 11.8. The zero-order valence-corrected chi connectivity index (χ0v) is 12.6. The maximum Gasteiger partial charge on any atom is 0.327 e. The molecule has 0 amide bonds. The summed E-state index contributed by atoms with van der Waals surface area (Å²) in [5.74, 6) is 2.97. The van der Waals surface area contributed by atoms with Crippen molar-refractivity contribution in [3.05, 3.63) is 53.5 Å². The van der Waals surface area contributed by atoms with Gasteiger partial charge in [-0.25, -0.2) is 4.42 Å². The van der Waals surface area contributed by atoms with Crippen molar-refractivity contribution in [3.63, 3.8) is 0 Å². The van der Waals surface area contributed by atoms with E-state index in [1.807, 2.05) is 26.0 Å². The second-order valence-corrected chi connectivity index (χ2v) is 5.50. The first-order valence-corrected chi connectivity index (χ1v) is 7.28. The van der Waals surface area contributed by atoms with E-state index in [9.17, 15) is 4.79 Å². The van der Waals surface area contributed by atoms with Gasteiger partial charge < -0.3 is 4.74 Å². The summed E-state index contributed by atoms with van der Waals surface area (Å²) < 4.78 is 10.5. The molecular formula is C16H17O3S+. The molecular weight excluding hydrogens is 272 g/mol. The Hall–Kier alpha value is -1.81. The Morgan fingerprint density at radius 2 is 1.75 bits per heavy atom. The number of ether oxygens (including phenoxy) is 1. The lowest BCUT2D eigenvalue weighted by Crippen LogP contribution is -2.02. The van der Waals surface area contributed by atoms with Crippen LogP contribution in [0.4, 0.5) is 0 Å². The van der Waals surface area contributed by atoms with Crippen LogP contribution in [-0.2, 0) is 0 Å². The Morgan fingerprint density at radius 3 is 2.30 bits per heavy atom. The number of hydrogen-bond acceptors (Lipinski definition) is 3. The Kier molecular flexibility index (Phi) is 4.79. The van der Waals surface area contributed by atoms with Crippen molar-refractivity contribution in [2.75, 3.05) is 12.9 Å². The Labute approximate surface area is 123 Å². The van der Waals surface area contributed by atoms with Crippen molar-refractivity contribution in [3.8, 4) is 5.75 Å². The summed E-state index contributed by atoms with van der Waals surface area (Å²) >= 11 is 1.52. The Balaban J connectivity index is 2.00. The van der Waals surface area contributed by atoms with Gasteiger partial charge in [-0.05, 0) is 24.3 Å². The van der Waals surface area contributed by atoms with E-state index in [2.05, 4.69) is 0 Å². The third-order valence-corrected chi connectivity index (χ3v) is 3.77. The molecule has 3 nitrogen and oxygen atoms in total. The highest BCUT2D eigenvalue weighted by Gasteiger charge is 2.11. The first kappa shape index (κ1) is 14.6. The lowest BCUT2D eigenvalue weighted by Gasteiger charge is -2.03. The van der Waals surface area contributed by atoms with Gasteiger partial charge in [0, 0.05) is 10.5 Å². The summed E-state index contributed by atoms with van der Waals surface area (Å²) in [4.78, 5) is 13.2. The van der Waals surface area contributed by atoms with E-state index in [0.29, 0.717) is 11.3 Å². The van der Waals surface area contributed by atoms with Crippen LogP contribution in [0.5, 0.6) is 5.75 Å². The summed E-state index contributed by atoms with van der Waals surface area (Å²) in [5.41, 5.74) is 0.701. The van der Waals surface area contributed by atoms with Gasteiger partial charge in [0.25, 0.3) is 0 Å². The standard InChI is InChI=1S/C16H17O3S/c1-11-8-15(9-12(2)19-11)20-10-16(17)13-4-6-14(18-3)7-5-13/h4-9H,10H2,1-3H3/q+1. The number of thioether (sulfide) groups is 1. The van der Waals surface area contributed by atoms with Crippen molar-refractivity contribution in [1.82, 2.24) is 0 Å².